The molecule has 9 heteroatoms. The highest BCUT2D eigenvalue weighted by Crippen LogP contribution is 2.45. The molecule has 3 rings (SSSR count). The number of rotatable bonds is 8. The molecule has 1 heterocycles. The van der Waals surface area contributed by atoms with Gasteiger partial charge in [-0.15, -0.1) is 0 Å². The summed E-state index contributed by atoms with van der Waals surface area (Å²) in [5.41, 5.74) is 8.83. The molecule has 3 aromatic rings. The molecule has 1 unspecified atom stereocenters. The number of anilines is 1. The Bertz CT molecular complexity index is 1060. The molecule has 0 saturated carbocycles. The number of hydrogen-bond acceptors (Lipinski definition) is 8. The molecule has 2 aromatic carbocycles. The lowest BCUT2D eigenvalue weighted by Crippen LogP contribution is -2.32. The number of nitrogens with one attached hydrogen (secondary N) is 1. The van der Waals surface area contributed by atoms with Gasteiger partial charge < -0.3 is 30.0 Å². The first kappa shape index (κ1) is 22.4. The summed E-state index contributed by atoms with van der Waals surface area (Å²) in [5.74, 6) is 1.86. The van der Waals surface area contributed by atoms with Crippen LogP contribution in [-0.4, -0.2) is 44.8 Å². The van der Waals surface area contributed by atoms with Crippen molar-refractivity contribution in [3.05, 3.63) is 36.5 Å². The third-order valence-corrected chi connectivity index (χ3v) is 5.53. The van der Waals surface area contributed by atoms with E-state index < -0.39 is 6.04 Å². The van der Waals surface area contributed by atoms with Crippen LogP contribution in [0.15, 0.2) is 36.5 Å². The molecule has 0 bridgehead atoms. The van der Waals surface area contributed by atoms with Gasteiger partial charge in [0.1, 0.15) is 5.75 Å². The number of nitrogens with two attached hydrogens (primary N) is 1. The number of methoxy groups -OCH3 is 4. The molecule has 0 radical (unpaired) electrons. The molecule has 3 N–H and O–H groups in total. The van der Waals surface area contributed by atoms with Crippen molar-refractivity contribution in [2.75, 3.05) is 33.8 Å². The third kappa shape index (κ3) is 4.57. The van der Waals surface area contributed by atoms with Gasteiger partial charge >= 0.3 is 0 Å². The Kier molecular flexibility index (Phi) is 6.98. The van der Waals surface area contributed by atoms with Crippen molar-refractivity contribution in [1.29, 1.82) is 0 Å². The Hall–Kier alpha value is -3.30. The van der Waals surface area contributed by atoms with E-state index in [1.54, 1.807) is 47.6 Å². The standard InChI is InChI=1S/C22H25N3O5S/c1-12(23)22(26)25-16-8-13(6-7-17(16)27-2)15-11-24-31-21(15)14-9-18(28-3)20(30-5)19(10-14)29-4/h6-12H,23H2,1-5H3,(H,25,26). The molecule has 0 aliphatic carbocycles. The van der Waals surface area contributed by atoms with Gasteiger partial charge in [-0.05, 0) is 48.3 Å². The molecule has 1 amide bonds. The second-order valence-corrected chi connectivity index (χ2v) is 7.48. The summed E-state index contributed by atoms with van der Waals surface area (Å²) in [6.07, 6.45) is 1.78. The van der Waals surface area contributed by atoms with Gasteiger partial charge in [0, 0.05) is 17.3 Å². The maximum Gasteiger partial charge on any atom is 0.241 e. The number of nitrogens with zero attached hydrogens (tertiary/aromatic N) is 1. The molecule has 164 valence electrons. The van der Waals surface area contributed by atoms with E-state index in [1.807, 2.05) is 24.3 Å². The van der Waals surface area contributed by atoms with Gasteiger partial charge in [0.25, 0.3) is 0 Å². The zero-order chi connectivity index (χ0) is 22.5. The van der Waals surface area contributed by atoms with Crippen molar-refractivity contribution in [3.8, 4) is 44.6 Å². The van der Waals surface area contributed by atoms with Crippen LogP contribution in [-0.2, 0) is 4.79 Å². The van der Waals surface area contributed by atoms with Gasteiger partial charge in [0.05, 0.1) is 45.0 Å². The van der Waals surface area contributed by atoms with E-state index in [-0.39, 0.29) is 5.91 Å². The van der Waals surface area contributed by atoms with Crippen molar-refractivity contribution in [1.82, 2.24) is 4.37 Å². The van der Waals surface area contributed by atoms with Crippen LogP contribution in [0, 0.1) is 0 Å². The van der Waals surface area contributed by atoms with Crippen LogP contribution in [0.25, 0.3) is 21.6 Å². The third-order valence-electron chi connectivity index (χ3n) is 4.68. The summed E-state index contributed by atoms with van der Waals surface area (Å²) in [5, 5.41) is 2.81. The predicted molar refractivity (Wildman–Crippen MR) is 121 cm³/mol. The summed E-state index contributed by atoms with van der Waals surface area (Å²) >= 11 is 1.34. The van der Waals surface area contributed by atoms with Crippen LogP contribution >= 0.6 is 11.5 Å². The first-order valence-electron chi connectivity index (χ1n) is 9.43. The number of carbonyl (C=O) groups excluding carboxylic acids is 1. The monoisotopic (exact) mass is 443 g/mol. The molecular weight excluding hydrogens is 418 g/mol. The molecule has 0 aliphatic heterocycles. The Morgan fingerprint density at radius 3 is 2.16 bits per heavy atom. The van der Waals surface area contributed by atoms with Crippen LogP contribution in [0.3, 0.4) is 0 Å². The topological polar surface area (TPSA) is 105 Å². The van der Waals surface area contributed by atoms with Crippen molar-refractivity contribution in [2.24, 2.45) is 5.73 Å². The average molecular weight is 444 g/mol. The minimum Gasteiger partial charge on any atom is -0.495 e. The van der Waals surface area contributed by atoms with Crippen molar-refractivity contribution in [3.63, 3.8) is 0 Å². The fraction of sp³-hybridized carbons (Fsp3) is 0.273. The normalized spacial score (nSPS) is 11.5. The number of benzene rings is 2. The summed E-state index contributed by atoms with van der Waals surface area (Å²) < 4.78 is 26.1. The Morgan fingerprint density at radius 1 is 0.968 bits per heavy atom. The smallest absolute Gasteiger partial charge is 0.241 e. The number of hydrogen-bond donors (Lipinski definition) is 2. The van der Waals surface area contributed by atoms with Gasteiger partial charge in [0.2, 0.25) is 11.7 Å². The Morgan fingerprint density at radius 2 is 1.61 bits per heavy atom. The molecule has 0 fully saturated rings. The van der Waals surface area contributed by atoms with Crippen molar-refractivity contribution >= 4 is 23.1 Å². The maximum atomic E-state index is 12.1. The summed E-state index contributed by atoms with van der Waals surface area (Å²) in [7, 11) is 6.26. The van der Waals surface area contributed by atoms with Gasteiger partial charge in [-0.25, -0.2) is 0 Å². The number of carbonyl (C=O) groups is 1. The first-order valence-corrected chi connectivity index (χ1v) is 10.2. The van der Waals surface area contributed by atoms with E-state index >= 15 is 0 Å². The van der Waals surface area contributed by atoms with Crippen LogP contribution in [0.1, 0.15) is 6.92 Å². The number of amides is 1. The largest absolute Gasteiger partial charge is 0.495 e. The van der Waals surface area contributed by atoms with Crippen LogP contribution in [0.4, 0.5) is 5.69 Å². The van der Waals surface area contributed by atoms with E-state index in [1.165, 1.54) is 11.5 Å². The van der Waals surface area contributed by atoms with Crippen LogP contribution in [0.2, 0.25) is 0 Å². The van der Waals surface area contributed by atoms with Gasteiger partial charge in [-0.2, -0.15) is 4.37 Å². The molecule has 1 aromatic heterocycles. The van der Waals surface area contributed by atoms with E-state index in [9.17, 15) is 4.79 Å². The lowest BCUT2D eigenvalue weighted by atomic mass is 10.0. The summed E-state index contributed by atoms with van der Waals surface area (Å²) in [4.78, 5) is 13.0. The van der Waals surface area contributed by atoms with Gasteiger partial charge in [-0.3, -0.25) is 4.79 Å². The predicted octanol–water partition coefficient (Wildman–Crippen LogP) is 3.80. The molecule has 0 aliphatic rings. The van der Waals surface area contributed by atoms with Crippen molar-refractivity contribution in [2.45, 2.75) is 13.0 Å². The average Bonchev–Trinajstić information content (AvgIpc) is 3.27. The Labute approximate surface area is 185 Å². The molecular formula is C22H25N3O5S. The van der Waals surface area contributed by atoms with E-state index in [0.717, 1.165) is 21.6 Å². The minimum absolute atomic E-state index is 0.302. The highest BCUT2D eigenvalue weighted by atomic mass is 32.1. The van der Waals surface area contributed by atoms with Gasteiger partial charge in [0.15, 0.2) is 11.5 Å². The van der Waals surface area contributed by atoms with E-state index in [2.05, 4.69) is 9.69 Å². The quantitative estimate of drug-likeness (QED) is 0.546. The van der Waals surface area contributed by atoms with Gasteiger partial charge in [-0.1, -0.05) is 6.07 Å². The number of aromatic nitrogens is 1. The molecule has 31 heavy (non-hydrogen) atoms. The fourth-order valence-electron chi connectivity index (χ4n) is 3.09. The molecule has 8 nitrogen and oxygen atoms in total. The lowest BCUT2D eigenvalue weighted by Gasteiger charge is -2.15. The fourth-order valence-corrected chi connectivity index (χ4v) is 3.84. The zero-order valence-electron chi connectivity index (χ0n) is 18.0. The van der Waals surface area contributed by atoms with Crippen LogP contribution < -0.4 is 30.0 Å². The Balaban J connectivity index is 2.09. The second-order valence-electron chi connectivity index (χ2n) is 6.68. The minimum atomic E-state index is -0.647. The summed E-state index contributed by atoms with van der Waals surface area (Å²) in [6.45, 7) is 1.62. The highest BCUT2D eigenvalue weighted by molar-refractivity contribution is 7.10. The van der Waals surface area contributed by atoms with E-state index in [4.69, 9.17) is 24.7 Å². The molecule has 0 saturated heterocycles. The molecule has 1 atom stereocenters. The maximum absolute atomic E-state index is 12.1. The lowest BCUT2D eigenvalue weighted by molar-refractivity contribution is -0.117. The van der Waals surface area contributed by atoms with E-state index in [0.29, 0.717) is 28.7 Å². The number of ether oxygens (including phenoxy) is 4. The SMILES string of the molecule is COc1ccc(-c2cnsc2-c2cc(OC)c(OC)c(OC)c2)cc1NC(=O)C(C)N. The van der Waals surface area contributed by atoms with Crippen LogP contribution in [0.5, 0.6) is 23.0 Å². The first-order chi connectivity index (χ1) is 14.9. The van der Waals surface area contributed by atoms with Crippen molar-refractivity contribution < 1.29 is 23.7 Å². The molecule has 0 spiro atoms. The summed E-state index contributed by atoms with van der Waals surface area (Å²) in [6, 6.07) is 8.64. The second kappa shape index (κ2) is 9.67. The highest BCUT2D eigenvalue weighted by Gasteiger charge is 2.19. The zero-order valence-corrected chi connectivity index (χ0v) is 18.8.